The van der Waals surface area contributed by atoms with Crippen molar-refractivity contribution in [3.05, 3.63) is 82.5 Å². The molecule has 0 spiro atoms. The number of pyridine rings is 1. The summed E-state index contributed by atoms with van der Waals surface area (Å²) in [5.74, 6) is -6.01. The molecule has 10 nitrogen and oxygen atoms in total. The molecule has 0 unspecified atom stereocenters. The van der Waals surface area contributed by atoms with Gasteiger partial charge in [0.1, 0.15) is 5.82 Å². The Morgan fingerprint density at radius 3 is 2.43 bits per heavy atom. The second-order valence-electron chi connectivity index (χ2n) is 10.4. The molecule has 44 heavy (non-hydrogen) atoms. The van der Waals surface area contributed by atoms with Crippen molar-refractivity contribution in [3.8, 4) is 0 Å². The Labute approximate surface area is 249 Å². The highest BCUT2D eigenvalue weighted by Crippen LogP contribution is 2.46. The third-order valence-corrected chi connectivity index (χ3v) is 8.71. The van der Waals surface area contributed by atoms with E-state index in [9.17, 15) is 40.0 Å². The van der Waals surface area contributed by atoms with Gasteiger partial charge in [0, 0.05) is 73.5 Å². The summed E-state index contributed by atoms with van der Waals surface area (Å²) >= 11 is 0. The molecule has 3 heterocycles. The number of fused-ring (bicyclic) bond motifs is 1. The fraction of sp³-hybridized carbons (Fsp3) is 0.321. The monoisotopic (exact) mass is 638 g/mol. The van der Waals surface area contributed by atoms with Crippen LogP contribution in [-0.4, -0.2) is 73.0 Å². The zero-order valence-electron chi connectivity index (χ0n) is 23.2. The van der Waals surface area contributed by atoms with E-state index < -0.39 is 33.6 Å². The molecule has 2 aliphatic rings. The molecular weight excluding hydrogens is 611 g/mol. The van der Waals surface area contributed by atoms with Crippen LogP contribution in [0.4, 0.5) is 39.1 Å². The topological polar surface area (TPSA) is 124 Å². The van der Waals surface area contributed by atoms with E-state index in [1.165, 1.54) is 22.6 Å². The Morgan fingerprint density at radius 1 is 1.02 bits per heavy atom. The molecule has 0 atom stereocenters. The van der Waals surface area contributed by atoms with Crippen molar-refractivity contribution < 1.29 is 40.0 Å². The number of hydrogen-bond donors (Lipinski definition) is 3. The Morgan fingerprint density at radius 2 is 1.75 bits per heavy atom. The molecule has 0 saturated carbocycles. The maximum atomic E-state index is 14.6. The van der Waals surface area contributed by atoms with Crippen LogP contribution in [0.3, 0.4) is 0 Å². The molecule has 5 rings (SSSR count). The van der Waals surface area contributed by atoms with E-state index in [0.29, 0.717) is 22.9 Å². The molecule has 1 fully saturated rings. The number of hydrogen-bond acceptors (Lipinski definition) is 7. The molecule has 2 aromatic carbocycles. The van der Waals surface area contributed by atoms with Crippen LogP contribution in [0.5, 0.6) is 0 Å². The molecule has 1 saturated heterocycles. The van der Waals surface area contributed by atoms with Crippen molar-refractivity contribution in [2.75, 3.05) is 43.1 Å². The number of anilines is 3. The van der Waals surface area contributed by atoms with Crippen LogP contribution in [0.25, 0.3) is 0 Å². The van der Waals surface area contributed by atoms with Gasteiger partial charge in [0.05, 0.1) is 11.8 Å². The number of aromatic nitrogens is 1. The normalized spacial score (nSPS) is 16.4. The van der Waals surface area contributed by atoms with Gasteiger partial charge >= 0.3 is 12.1 Å². The van der Waals surface area contributed by atoms with E-state index in [4.69, 9.17) is 0 Å². The van der Waals surface area contributed by atoms with Crippen LogP contribution in [0.2, 0.25) is 0 Å². The molecule has 234 valence electrons. The third-order valence-electron chi connectivity index (χ3n) is 7.40. The zero-order chi connectivity index (χ0) is 31.9. The van der Waals surface area contributed by atoms with Crippen LogP contribution < -0.4 is 16.0 Å². The van der Waals surface area contributed by atoms with Gasteiger partial charge in [-0.15, -0.1) is 0 Å². The van der Waals surface area contributed by atoms with Gasteiger partial charge in [-0.2, -0.15) is 26.3 Å². The Balaban J connectivity index is 1.40. The van der Waals surface area contributed by atoms with E-state index >= 15 is 0 Å². The quantitative estimate of drug-likeness (QED) is 0.318. The van der Waals surface area contributed by atoms with Gasteiger partial charge in [0.15, 0.2) is 0 Å². The summed E-state index contributed by atoms with van der Waals surface area (Å²) in [6.07, 6.45) is -3.40. The maximum Gasteiger partial charge on any atom is 0.458 e. The predicted octanol–water partition coefficient (Wildman–Crippen LogP) is 4.05. The van der Waals surface area contributed by atoms with Crippen molar-refractivity contribution in [1.29, 1.82) is 0 Å². The smallest absolute Gasteiger partial charge is 0.348 e. The minimum absolute atomic E-state index is 0.0355. The number of carbonyl (C=O) groups is 2. The first kappa shape index (κ1) is 31.3. The SMILES string of the molecule is CS(=O)(=O)N1CCN(Cc2cc(NC(=O)c3cccnc3Nc3cccc4c3CNC4=O)ccc2C(F)(F)C(F)(F)F)CC1. The van der Waals surface area contributed by atoms with E-state index in [-0.39, 0.29) is 67.8 Å². The Bertz CT molecular complexity index is 1710. The highest BCUT2D eigenvalue weighted by atomic mass is 32.2. The first-order chi connectivity index (χ1) is 20.6. The number of sulfonamides is 1. The van der Waals surface area contributed by atoms with Gasteiger partial charge in [0.25, 0.3) is 11.8 Å². The van der Waals surface area contributed by atoms with E-state index in [1.807, 2.05) is 0 Å². The summed E-state index contributed by atoms with van der Waals surface area (Å²) in [6.45, 7) is 0.240. The number of benzene rings is 2. The fourth-order valence-electron chi connectivity index (χ4n) is 5.11. The zero-order valence-corrected chi connectivity index (χ0v) is 24.0. The molecular formula is C28H27F5N6O4S. The van der Waals surface area contributed by atoms with Crippen LogP contribution in [0.1, 0.15) is 37.4 Å². The van der Waals surface area contributed by atoms with Crippen LogP contribution in [0, 0.1) is 0 Å². The molecule has 2 aliphatic heterocycles. The molecule has 16 heteroatoms. The van der Waals surface area contributed by atoms with Crippen molar-refractivity contribution in [3.63, 3.8) is 0 Å². The molecule has 1 aromatic heterocycles. The number of halogens is 5. The minimum Gasteiger partial charge on any atom is -0.348 e. The second-order valence-corrected chi connectivity index (χ2v) is 12.4. The van der Waals surface area contributed by atoms with Gasteiger partial charge in [-0.1, -0.05) is 12.1 Å². The summed E-state index contributed by atoms with van der Waals surface area (Å²) in [4.78, 5) is 31.2. The highest BCUT2D eigenvalue weighted by molar-refractivity contribution is 7.88. The number of piperazine rings is 1. The number of carbonyl (C=O) groups excluding carboxylic acids is 2. The predicted molar refractivity (Wildman–Crippen MR) is 151 cm³/mol. The minimum atomic E-state index is -5.87. The van der Waals surface area contributed by atoms with Crippen LogP contribution in [0.15, 0.2) is 54.7 Å². The summed E-state index contributed by atoms with van der Waals surface area (Å²) in [7, 11) is -3.49. The van der Waals surface area contributed by atoms with Crippen molar-refractivity contribution >= 4 is 39.0 Å². The molecule has 0 bridgehead atoms. The van der Waals surface area contributed by atoms with Gasteiger partial charge < -0.3 is 16.0 Å². The van der Waals surface area contributed by atoms with Gasteiger partial charge in [-0.3, -0.25) is 14.5 Å². The lowest BCUT2D eigenvalue weighted by Crippen LogP contribution is -2.48. The molecule has 3 aromatic rings. The number of alkyl halides is 5. The Kier molecular flexibility index (Phi) is 8.35. The summed E-state index contributed by atoms with van der Waals surface area (Å²) in [5.41, 5.74) is 0.0521. The van der Waals surface area contributed by atoms with Crippen LogP contribution >= 0.6 is 0 Å². The number of rotatable bonds is 8. The first-order valence-corrected chi connectivity index (χ1v) is 15.2. The average Bonchev–Trinajstić information content (AvgIpc) is 3.34. The lowest BCUT2D eigenvalue weighted by molar-refractivity contribution is -0.289. The first-order valence-electron chi connectivity index (χ1n) is 13.3. The lowest BCUT2D eigenvalue weighted by Gasteiger charge is -2.34. The van der Waals surface area contributed by atoms with Crippen molar-refractivity contribution in [2.24, 2.45) is 0 Å². The van der Waals surface area contributed by atoms with Crippen molar-refractivity contribution in [2.45, 2.75) is 25.2 Å². The van der Waals surface area contributed by atoms with Gasteiger partial charge in [-0.05, 0) is 42.0 Å². The fourth-order valence-corrected chi connectivity index (χ4v) is 5.93. The van der Waals surface area contributed by atoms with E-state index in [0.717, 1.165) is 18.4 Å². The third kappa shape index (κ3) is 6.37. The average molecular weight is 639 g/mol. The summed E-state index contributed by atoms with van der Waals surface area (Å²) in [6, 6.07) is 10.6. The van der Waals surface area contributed by atoms with Gasteiger partial charge in [-0.25, -0.2) is 13.4 Å². The molecule has 0 aliphatic carbocycles. The van der Waals surface area contributed by atoms with Crippen LogP contribution in [-0.2, 0) is 29.0 Å². The molecule has 3 N–H and O–H groups in total. The lowest BCUT2D eigenvalue weighted by atomic mass is 9.99. The Hall–Kier alpha value is -4.15. The van der Waals surface area contributed by atoms with Gasteiger partial charge in [0.2, 0.25) is 10.0 Å². The summed E-state index contributed by atoms with van der Waals surface area (Å²) < 4.78 is 94.1. The standard InChI is InChI=1S/C28H27F5N6O4S/c1-44(42,43)39-12-10-38(11-13-39)16-17-14-18(7-8-22(17)27(29,30)28(31,32)33)36-26(41)20-5-3-9-34-24(20)37-23-6-2-4-19-21(23)15-35-25(19)40/h2-9,14H,10-13,15-16H2,1H3,(H,34,37)(H,35,40)(H,36,41). The molecule has 0 radical (unpaired) electrons. The van der Waals surface area contributed by atoms with E-state index in [1.54, 1.807) is 23.1 Å². The largest absolute Gasteiger partial charge is 0.458 e. The van der Waals surface area contributed by atoms with E-state index in [2.05, 4.69) is 20.9 Å². The number of amides is 2. The number of nitrogens with zero attached hydrogens (tertiary/aromatic N) is 3. The van der Waals surface area contributed by atoms with Crippen molar-refractivity contribution in [1.82, 2.24) is 19.5 Å². The maximum absolute atomic E-state index is 14.6. The number of nitrogens with one attached hydrogen (secondary N) is 3. The second kappa shape index (κ2) is 11.7. The molecule has 2 amide bonds. The summed E-state index contributed by atoms with van der Waals surface area (Å²) in [5, 5.41) is 8.31. The highest BCUT2D eigenvalue weighted by Gasteiger charge is 2.59.